The lowest BCUT2D eigenvalue weighted by Crippen LogP contribution is -2.48. The fourth-order valence-corrected chi connectivity index (χ4v) is 2.61. The van der Waals surface area contributed by atoms with Gasteiger partial charge in [0.15, 0.2) is 0 Å². The van der Waals surface area contributed by atoms with Crippen molar-refractivity contribution in [2.75, 3.05) is 11.4 Å². The topological polar surface area (TPSA) is 32.3 Å². The fourth-order valence-electron chi connectivity index (χ4n) is 2.61. The van der Waals surface area contributed by atoms with E-state index in [1.54, 1.807) is 0 Å². The van der Waals surface area contributed by atoms with Crippen molar-refractivity contribution in [2.24, 2.45) is 0 Å². The van der Waals surface area contributed by atoms with E-state index in [0.717, 1.165) is 19.4 Å². The van der Waals surface area contributed by atoms with E-state index in [9.17, 15) is 4.79 Å². The molecule has 0 radical (unpaired) electrons. The van der Waals surface area contributed by atoms with Crippen LogP contribution >= 0.6 is 0 Å². The van der Waals surface area contributed by atoms with Crippen LogP contribution in [0.25, 0.3) is 0 Å². The third-order valence-corrected chi connectivity index (χ3v) is 3.30. The van der Waals surface area contributed by atoms with Crippen molar-refractivity contribution in [1.82, 2.24) is 5.32 Å². The van der Waals surface area contributed by atoms with Gasteiger partial charge in [-0.25, -0.2) is 0 Å². The van der Waals surface area contributed by atoms with E-state index in [0.29, 0.717) is 0 Å². The molecule has 0 unspecified atom stereocenters. The molecule has 1 aromatic carbocycles. The second-order valence-electron chi connectivity index (χ2n) is 4.84. The number of rotatable bonds is 3. The lowest BCUT2D eigenvalue weighted by atomic mass is 10.0. The SMILES string of the molecule is Cc1cc(C)cc(N2CCCC[C@H]2NC=O)c1. The number of hydrogen-bond donors (Lipinski definition) is 1. The maximum absolute atomic E-state index is 10.6. The van der Waals surface area contributed by atoms with Crippen molar-refractivity contribution >= 4 is 12.1 Å². The first-order valence-electron chi connectivity index (χ1n) is 6.25. The first-order chi connectivity index (χ1) is 8.20. The molecule has 0 aliphatic carbocycles. The highest BCUT2D eigenvalue weighted by atomic mass is 16.1. The van der Waals surface area contributed by atoms with Gasteiger partial charge in [0.2, 0.25) is 6.41 Å². The number of hydrogen-bond acceptors (Lipinski definition) is 2. The highest BCUT2D eigenvalue weighted by Gasteiger charge is 2.22. The highest BCUT2D eigenvalue weighted by Crippen LogP contribution is 2.25. The van der Waals surface area contributed by atoms with Gasteiger partial charge in [-0.2, -0.15) is 0 Å². The van der Waals surface area contributed by atoms with Gasteiger partial charge in [-0.1, -0.05) is 6.07 Å². The Bertz CT molecular complexity index is 383. The van der Waals surface area contributed by atoms with Crippen LogP contribution in [0.2, 0.25) is 0 Å². The van der Waals surface area contributed by atoms with Crippen LogP contribution in [-0.4, -0.2) is 19.1 Å². The number of piperidine rings is 1. The Morgan fingerprint density at radius 1 is 1.24 bits per heavy atom. The minimum atomic E-state index is 0.155. The molecule has 3 heteroatoms. The summed E-state index contributed by atoms with van der Waals surface area (Å²) in [6.07, 6.45) is 4.39. The zero-order valence-electron chi connectivity index (χ0n) is 10.6. The van der Waals surface area contributed by atoms with Gasteiger partial charge in [-0.15, -0.1) is 0 Å². The van der Waals surface area contributed by atoms with Crippen LogP contribution in [-0.2, 0) is 4.79 Å². The summed E-state index contributed by atoms with van der Waals surface area (Å²) in [5.74, 6) is 0. The molecule has 0 aromatic heterocycles. The number of anilines is 1. The van der Waals surface area contributed by atoms with Gasteiger partial charge < -0.3 is 10.2 Å². The monoisotopic (exact) mass is 232 g/mol. The lowest BCUT2D eigenvalue weighted by Gasteiger charge is -2.37. The quantitative estimate of drug-likeness (QED) is 0.811. The summed E-state index contributed by atoms with van der Waals surface area (Å²) in [5, 5.41) is 2.92. The van der Waals surface area contributed by atoms with Gasteiger partial charge in [0.1, 0.15) is 6.17 Å². The molecule has 2 rings (SSSR count). The molecule has 0 saturated carbocycles. The first-order valence-corrected chi connectivity index (χ1v) is 6.25. The number of aryl methyl sites for hydroxylation is 2. The number of carbonyl (C=O) groups is 1. The average molecular weight is 232 g/mol. The number of nitrogens with one attached hydrogen (secondary N) is 1. The van der Waals surface area contributed by atoms with Crippen LogP contribution in [0.15, 0.2) is 18.2 Å². The van der Waals surface area contributed by atoms with Crippen molar-refractivity contribution in [3.8, 4) is 0 Å². The van der Waals surface area contributed by atoms with Gasteiger partial charge in [-0.3, -0.25) is 4.79 Å². The third kappa shape index (κ3) is 2.78. The Morgan fingerprint density at radius 3 is 2.59 bits per heavy atom. The van der Waals surface area contributed by atoms with E-state index in [2.05, 4.69) is 42.3 Å². The fraction of sp³-hybridized carbons (Fsp3) is 0.500. The summed E-state index contributed by atoms with van der Waals surface area (Å²) in [5.41, 5.74) is 3.77. The molecule has 1 aromatic rings. The smallest absolute Gasteiger partial charge is 0.208 e. The molecule has 17 heavy (non-hydrogen) atoms. The van der Waals surface area contributed by atoms with Crippen molar-refractivity contribution in [2.45, 2.75) is 39.3 Å². The minimum absolute atomic E-state index is 0.155. The molecule has 1 aliphatic heterocycles. The van der Waals surface area contributed by atoms with E-state index in [1.807, 2.05) is 0 Å². The first kappa shape index (κ1) is 12.0. The van der Waals surface area contributed by atoms with Gasteiger partial charge in [-0.05, 0) is 56.4 Å². The number of benzene rings is 1. The normalized spacial score (nSPS) is 20.1. The summed E-state index contributed by atoms with van der Waals surface area (Å²) >= 11 is 0. The average Bonchev–Trinajstić information content (AvgIpc) is 2.29. The highest BCUT2D eigenvalue weighted by molar-refractivity contribution is 5.54. The summed E-state index contributed by atoms with van der Waals surface area (Å²) < 4.78 is 0. The lowest BCUT2D eigenvalue weighted by molar-refractivity contribution is -0.110. The predicted octanol–water partition coefficient (Wildman–Crippen LogP) is 2.37. The Kier molecular flexibility index (Phi) is 3.67. The van der Waals surface area contributed by atoms with Crippen molar-refractivity contribution < 1.29 is 4.79 Å². The van der Waals surface area contributed by atoms with Crippen LogP contribution < -0.4 is 10.2 Å². The van der Waals surface area contributed by atoms with Crippen LogP contribution in [0.1, 0.15) is 30.4 Å². The van der Waals surface area contributed by atoms with Crippen LogP contribution in [0.3, 0.4) is 0 Å². The van der Waals surface area contributed by atoms with Gasteiger partial charge >= 0.3 is 0 Å². The maximum Gasteiger partial charge on any atom is 0.208 e. The zero-order valence-corrected chi connectivity index (χ0v) is 10.6. The van der Waals surface area contributed by atoms with Crippen LogP contribution in [0, 0.1) is 13.8 Å². The number of nitrogens with zero attached hydrogens (tertiary/aromatic N) is 1. The van der Waals surface area contributed by atoms with Crippen molar-refractivity contribution in [3.05, 3.63) is 29.3 Å². The van der Waals surface area contributed by atoms with Gasteiger partial charge in [0, 0.05) is 12.2 Å². The second-order valence-corrected chi connectivity index (χ2v) is 4.84. The molecule has 0 spiro atoms. The standard InChI is InChI=1S/C14H20N2O/c1-11-7-12(2)9-13(8-11)16-6-4-3-5-14(16)15-10-17/h7-10,14H,3-6H2,1-2H3,(H,15,17)/t14-/m0/s1. The summed E-state index contributed by atoms with van der Waals surface area (Å²) in [4.78, 5) is 12.9. The molecule has 1 aliphatic rings. The minimum Gasteiger partial charge on any atom is -0.351 e. The van der Waals surface area contributed by atoms with E-state index in [4.69, 9.17) is 0 Å². The second kappa shape index (κ2) is 5.21. The van der Waals surface area contributed by atoms with Crippen LogP contribution in [0.4, 0.5) is 5.69 Å². The predicted molar refractivity (Wildman–Crippen MR) is 70.1 cm³/mol. The molecule has 1 saturated heterocycles. The molecule has 1 amide bonds. The third-order valence-electron chi connectivity index (χ3n) is 3.30. The zero-order chi connectivity index (χ0) is 12.3. The summed E-state index contributed by atoms with van der Waals surface area (Å²) in [6.45, 7) is 5.25. The summed E-state index contributed by atoms with van der Waals surface area (Å²) in [6, 6.07) is 6.56. The van der Waals surface area contributed by atoms with Crippen molar-refractivity contribution in [1.29, 1.82) is 0 Å². The molecule has 1 atom stereocenters. The van der Waals surface area contributed by atoms with E-state index in [-0.39, 0.29) is 6.17 Å². The Labute approximate surface area is 103 Å². The van der Waals surface area contributed by atoms with E-state index in [1.165, 1.54) is 29.7 Å². The molecular formula is C14H20N2O. The largest absolute Gasteiger partial charge is 0.351 e. The maximum atomic E-state index is 10.6. The number of amides is 1. The molecule has 3 nitrogen and oxygen atoms in total. The Balaban J connectivity index is 2.25. The molecule has 1 fully saturated rings. The van der Waals surface area contributed by atoms with E-state index >= 15 is 0 Å². The number of carbonyl (C=O) groups excluding carboxylic acids is 1. The molecular weight excluding hydrogens is 212 g/mol. The van der Waals surface area contributed by atoms with Crippen molar-refractivity contribution in [3.63, 3.8) is 0 Å². The molecule has 1 N–H and O–H groups in total. The Morgan fingerprint density at radius 2 is 1.94 bits per heavy atom. The van der Waals surface area contributed by atoms with Gasteiger partial charge in [0.25, 0.3) is 0 Å². The Hall–Kier alpha value is -1.51. The van der Waals surface area contributed by atoms with Crippen LogP contribution in [0.5, 0.6) is 0 Å². The molecule has 1 heterocycles. The van der Waals surface area contributed by atoms with Gasteiger partial charge in [0.05, 0.1) is 0 Å². The molecule has 0 bridgehead atoms. The molecule has 92 valence electrons. The summed E-state index contributed by atoms with van der Waals surface area (Å²) in [7, 11) is 0. The van der Waals surface area contributed by atoms with E-state index < -0.39 is 0 Å².